The zero-order chi connectivity index (χ0) is 13.0. The molecule has 1 aromatic carbocycles. The van der Waals surface area contributed by atoms with Crippen LogP contribution in [-0.4, -0.2) is 18.0 Å². The number of rotatable bonds is 3. The van der Waals surface area contributed by atoms with Gasteiger partial charge in [0.05, 0.1) is 4.47 Å². The Kier molecular flexibility index (Phi) is 4.51. The molecular weight excluding hydrogens is 288 g/mol. The second-order valence-corrected chi connectivity index (χ2v) is 4.40. The maximum Gasteiger partial charge on any atom is 0.318 e. The van der Waals surface area contributed by atoms with E-state index in [-0.39, 0.29) is 0 Å². The van der Waals surface area contributed by atoms with Crippen molar-refractivity contribution >= 4 is 27.9 Å². The molecule has 0 fully saturated rings. The molecule has 6 heteroatoms. The molecule has 1 unspecified atom stereocenters. The van der Waals surface area contributed by atoms with Gasteiger partial charge in [-0.15, -0.1) is 0 Å². The van der Waals surface area contributed by atoms with E-state index in [1.54, 1.807) is 6.07 Å². The van der Waals surface area contributed by atoms with Crippen LogP contribution in [0.3, 0.4) is 0 Å². The van der Waals surface area contributed by atoms with E-state index in [2.05, 4.69) is 15.9 Å². The van der Waals surface area contributed by atoms with Gasteiger partial charge in [0.15, 0.2) is 6.10 Å². The highest BCUT2D eigenvalue weighted by Crippen LogP contribution is 2.26. The lowest BCUT2D eigenvalue weighted by Gasteiger charge is -2.14. The van der Waals surface area contributed by atoms with Crippen LogP contribution in [0.1, 0.15) is 12.5 Å². The molecule has 0 saturated carbocycles. The van der Waals surface area contributed by atoms with E-state index < -0.39 is 18.0 Å². The van der Waals surface area contributed by atoms with E-state index in [0.29, 0.717) is 5.75 Å². The fourth-order valence-electron chi connectivity index (χ4n) is 1.17. The highest BCUT2D eigenvalue weighted by molar-refractivity contribution is 9.10. The second-order valence-electron chi connectivity index (χ2n) is 3.55. The Labute approximate surface area is 107 Å². The molecular formula is C11H13BrN2O3. The summed E-state index contributed by atoms with van der Waals surface area (Å²) < 4.78 is 6.14. The van der Waals surface area contributed by atoms with Gasteiger partial charge in [-0.2, -0.15) is 0 Å². The molecule has 3 amide bonds. The molecule has 1 rings (SSSR count). The second kappa shape index (κ2) is 5.67. The van der Waals surface area contributed by atoms with Gasteiger partial charge in [-0.3, -0.25) is 10.1 Å². The molecule has 3 N–H and O–H groups in total. The first kappa shape index (κ1) is 13.5. The zero-order valence-corrected chi connectivity index (χ0v) is 11.1. The van der Waals surface area contributed by atoms with Gasteiger partial charge in [-0.25, -0.2) is 4.79 Å². The molecule has 0 heterocycles. The number of hydrogen-bond acceptors (Lipinski definition) is 3. The number of halogens is 1. The number of amides is 3. The molecule has 1 aromatic rings. The summed E-state index contributed by atoms with van der Waals surface area (Å²) in [5.74, 6) is -0.0484. The van der Waals surface area contributed by atoms with Crippen LogP contribution < -0.4 is 15.8 Å². The number of carbonyl (C=O) groups excluding carboxylic acids is 2. The summed E-state index contributed by atoms with van der Waals surface area (Å²) in [6.07, 6.45) is -0.804. The van der Waals surface area contributed by atoms with Crippen LogP contribution >= 0.6 is 15.9 Å². The number of hydrogen-bond donors (Lipinski definition) is 2. The fourth-order valence-corrected chi connectivity index (χ4v) is 1.76. The van der Waals surface area contributed by atoms with Crippen molar-refractivity contribution in [1.29, 1.82) is 0 Å². The van der Waals surface area contributed by atoms with Crippen LogP contribution in [0.5, 0.6) is 5.75 Å². The molecule has 0 aromatic heterocycles. The topological polar surface area (TPSA) is 81.4 Å². The van der Waals surface area contributed by atoms with E-state index >= 15 is 0 Å². The smallest absolute Gasteiger partial charge is 0.318 e. The third-order valence-electron chi connectivity index (χ3n) is 2.01. The number of primary amides is 1. The number of ether oxygens (including phenoxy) is 1. The fraction of sp³-hybridized carbons (Fsp3) is 0.273. The zero-order valence-electron chi connectivity index (χ0n) is 9.49. The van der Waals surface area contributed by atoms with E-state index in [1.165, 1.54) is 6.92 Å². The van der Waals surface area contributed by atoms with Crippen molar-refractivity contribution in [3.05, 3.63) is 28.2 Å². The summed E-state index contributed by atoms with van der Waals surface area (Å²) in [7, 11) is 0. The largest absolute Gasteiger partial charge is 0.480 e. The van der Waals surface area contributed by atoms with Gasteiger partial charge < -0.3 is 10.5 Å². The SMILES string of the molecule is Cc1ccc(OC(C)C(=O)NC(N)=O)c(Br)c1. The Hall–Kier alpha value is -1.56. The van der Waals surface area contributed by atoms with Gasteiger partial charge in [-0.1, -0.05) is 6.07 Å². The van der Waals surface area contributed by atoms with Crippen LogP contribution in [0.15, 0.2) is 22.7 Å². The number of aryl methyl sites for hydroxylation is 1. The lowest BCUT2D eigenvalue weighted by molar-refractivity contribution is -0.126. The van der Waals surface area contributed by atoms with Crippen molar-refractivity contribution in [2.45, 2.75) is 20.0 Å². The molecule has 5 nitrogen and oxygen atoms in total. The minimum absolute atomic E-state index is 0.530. The van der Waals surface area contributed by atoms with Crippen LogP contribution in [-0.2, 0) is 4.79 Å². The average molecular weight is 301 g/mol. The predicted octanol–water partition coefficient (Wildman–Crippen LogP) is 1.72. The number of imide groups is 1. The molecule has 17 heavy (non-hydrogen) atoms. The summed E-state index contributed by atoms with van der Waals surface area (Å²) in [6, 6.07) is 4.58. The maximum absolute atomic E-state index is 11.4. The summed E-state index contributed by atoms with van der Waals surface area (Å²) in [5.41, 5.74) is 5.91. The van der Waals surface area contributed by atoms with Crippen LogP contribution in [0.25, 0.3) is 0 Å². The molecule has 0 bridgehead atoms. The molecule has 0 spiro atoms. The molecule has 1 atom stereocenters. The summed E-state index contributed by atoms with van der Waals surface area (Å²) in [4.78, 5) is 21.9. The van der Waals surface area contributed by atoms with Gasteiger partial charge in [0.25, 0.3) is 5.91 Å². The molecule has 92 valence electrons. The number of nitrogens with two attached hydrogens (primary N) is 1. The Balaban J connectivity index is 2.70. The lowest BCUT2D eigenvalue weighted by atomic mass is 10.2. The number of nitrogens with one attached hydrogen (secondary N) is 1. The van der Waals surface area contributed by atoms with Crippen LogP contribution in [0.2, 0.25) is 0 Å². The Morgan fingerprint density at radius 3 is 2.65 bits per heavy atom. The standard InChI is InChI=1S/C11H13BrN2O3/c1-6-3-4-9(8(12)5-6)17-7(2)10(15)14-11(13)16/h3-5,7H,1-2H3,(H3,13,14,15,16). The average Bonchev–Trinajstić information content (AvgIpc) is 2.21. The van der Waals surface area contributed by atoms with Crippen molar-refractivity contribution in [2.24, 2.45) is 5.73 Å². The van der Waals surface area contributed by atoms with E-state index in [1.807, 2.05) is 24.4 Å². The van der Waals surface area contributed by atoms with Gasteiger partial charge in [0.2, 0.25) is 0 Å². The van der Waals surface area contributed by atoms with E-state index in [0.717, 1.165) is 10.0 Å². The van der Waals surface area contributed by atoms with Crippen molar-refractivity contribution in [1.82, 2.24) is 5.32 Å². The normalized spacial score (nSPS) is 11.7. The Bertz CT molecular complexity index is 448. The first-order valence-electron chi connectivity index (χ1n) is 4.93. The highest BCUT2D eigenvalue weighted by Gasteiger charge is 2.17. The van der Waals surface area contributed by atoms with E-state index in [9.17, 15) is 9.59 Å². The number of urea groups is 1. The first-order valence-corrected chi connectivity index (χ1v) is 5.72. The third-order valence-corrected chi connectivity index (χ3v) is 2.63. The Morgan fingerprint density at radius 2 is 2.12 bits per heavy atom. The van der Waals surface area contributed by atoms with Gasteiger partial charge >= 0.3 is 6.03 Å². The van der Waals surface area contributed by atoms with Crippen molar-refractivity contribution in [3.63, 3.8) is 0 Å². The number of benzene rings is 1. The van der Waals surface area contributed by atoms with Crippen LogP contribution in [0.4, 0.5) is 4.79 Å². The maximum atomic E-state index is 11.4. The molecule has 0 aliphatic carbocycles. The summed E-state index contributed by atoms with van der Waals surface area (Å²) in [6.45, 7) is 3.47. The quantitative estimate of drug-likeness (QED) is 0.892. The summed E-state index contributed by atoms with van der Waals surface area (Å²) in [5, 5.41) is 1.95. The first-order chi connectivity index (χ1) is 7.90. The minimum Gasteiger partial charge on any atom is -0.480 e. The predicted molar refractivity (Wildman–Crippen MR) is 66.7 cm³/mol. The van der Waals surface area contributed by atoms with Crippen molar-refractivity contribution < 1.29 is 14.3 Å². The van der Waals surface area contributed by atoms with Gasteiger partial charge in [-0.05, 0) is 47.5 Å². The lowest BCUT2D eigenvalue weighted by Crippen LogP contribution is -2.42. The van der Waals surface area contributed by atoms with Gasteiger partial charge in [0.1, 0.15) is 5.75 Å². The molecule has 0 aliphatic rings. The van der Waals surface area contributed by atoms with Crippen LogP contribution in [0, 0.1) is 6.92 Å². The third kappa shape index (κ3) is 4.07. The Morgan fingerprint density at radius 1 is 1.47 bits per heavy atom. The monoisotopic (exact) mass is 300 g/mol. The molecule has 0 saturated heterocycles. The molecule has 0 aliphatic heterocycles. The summed E-state index contributed by atoms with van der Waals surface area (Å²) >= 11 is 3.33. The van der Waals surface area contributed by atoms with E-state index in [4.69, 9.17) is 10.5 Å². The van der Waals surface area contributed by atoms with Crippen molar-refractivity contribution in [3.8, 4) is 5.75 Å². The molecule has 0 radical (unpaired) electrons. The van der Waals surface area contributed by atoms with Gasteiger partial charge in [0, 0.05) is 0 Å². The minimum atomic E-state index is -0.895. The van der Waals surface area contributed by atoms with Crippen molar-refractivity contribution in [2.75, 3.05) is 0 Å². The highest BCUT2D eigenvalue weighted by atomic mass is 79.9. The number of carbonyl (C=O) groups is 2.